The number of hydrogen-bond acceptors (Lipinski definition) is 4. The zero-order valence-corrected chi connectivity index (χ0v) is 16.5. The first kappa shape index (κ1) is 20.5. The Kier molecular flexibility index (Phi) is 6.99. The first-order valence-electron chi connectivity index (χ1n) is 9.12. The molecule has 2 atom stereocenters. The number of nitrogens with one attached hydrogen (secondary N) is 1. The van der Waals surface area contributed by atoms with Crippen molar-refractivity contribution in [1.29, 1.82) is 0 Å². The van der Waals surface area contributed by atoms with Crippen LogP contribution in [0.15, 0.2) is 42.5 Å². The van der Waals surface area contributed by atoms with Crippen LogP contribution in [0.1, 0.15) is 54.6 Å². The zero-order chi connectivity index (χ0) is 20.0. The minimum Gasteiger partial charge on any atom is -0.496 e. The van der Waals surface area contributed by atoms with Gasteiger partial charge in [-0.05, 0) is 55.5 Å². The van der Waals surface area contributed by atoms with E-state index in [1.165, 1.54) is 0 Å². The Labute approximate surface area is 160 Å². The van der Waals surface area contributed by atoms with E-state index >= 15 is 0 Å². The molecule has 5 heteroatoms. The molecule has 144 valence electrons. The number of rotatable bonds is 7. The molecule has 0 unspecified atom stereocenters. The maximum Gasteiger partial charge on any atom is 0.339 e. The van der Waals surface area contributed by atoms with Crippen molar-refractivity contribution in [3.05, 3.63) is 59.2 Å². The first-order chi connectivity index (χ1) is 12.9. The molecule has 0 aliphatic heterocycles. The lowest BCUT2D eigenvalue weighted by atomic mass is 9.97. The van der Waals surface area contributed by atoms with Crippen molar-refractivity contribution in [2.45, 2.75) is 46.1 Å². The number of hydrogen-bond donors (Lipinski definition) is 1. The van der Waals surface area contributed by atoms with E-state index in [1.54, 1.807) is 32.2 Å². The van der Waals surface area contributed by atoms with Crippen LogP contribution in [0.3, 0.4) is 0 Å². The van der Waals surface area contributed by atoms with E-state index in [9.17, 15) is 9.59 Å². The van der Waals surface area contributed by atoms with Gasteiger partial charge in [-0.1, -0.05) is 38.1 Å². The van der Waals surface area contributed by atoms with Crippen molar-refractivity contribution in [1.82, 2.24) is 0 Å². The van der Waals surface area contributed by atoms with Gasteiger partial charge in [-0.3, -0.25) is 4.79 Å². The van der Waals surface area contributed by atoms with E-state index in [2.05, 4.69) is 19.2 Å². The molecular formula is C22H27NO4. The van der Waals surface area contributed by atoms with E-state index in [4.69, 9.17) is 9.47 Å². The van der Waals surface area contributed by atoms with Crippen molar-refractivity contribution >= 4 is 17.6 Å². The maximum atomic E-state index is 12.5. The summed E-state index contributed by atoms with van der Waals surface area (Å²) in [6.45, 7) is 7.66. The Morgan fingerprint density at radius 3 is 2.48 bits per heavy atom. The van der Waals surface area contributed by atoms with Crippen LogP contribution in [0.4, 0.5) is 5.69 Å². The van der Waals surface area contributed by atoms with E-state index in [0.717, 1.165) is 23.2 Å². The second-order valence-corrected chi connectivity index (χ2v) is 6.62. The summed E-state index contributed by atoms with van der Waals surface area (Å²) in [5.41, 5.74) is 3.07. The summed E-state index contributed by atoms with van der Waals surface area (Å²) in [6, 6.07) is 12.7. The highest BCUT2D eigenvalue weighted by Gasteiger charge is 2.21. The number of carbonyl (C=O) groups excluding carboxylic acids is 2. The molecule has 0 fully saturated rings. The molecule has 0 spiro atoms. The lowest BCUT2D eigenvalue weighted by Gasteiger charge is -2.18. The van der Waals surface area contributed by atoms with Gasteiger partial charge in [0.15, 0.2) is 6.10 Å². The Balaban J connectivity index is 2.07. The normalized spacial score (nSPS) is 12.8. The van der Waals surface area contributed by atoms with Crippen LogP contribution in [-0.2, 0) is 9.53 Å². The SMILES string of the molecule is CC[C@@H](C)c1ccccc1NC(=O)[C@@H](C)OC(=O)c1ccc(C)c(OC)c1. The van der Waals surface area contributed by atoms with Gasteiger partial charge in [0.1, 0.15) is 5.75 Å². The third-order valence-corrected chi connectivity index (χ3v) is 4.66. The van der Waals surface area contributed by atoms with E-state index < -0.39 is 12.1 Å². The predicted octanol–water partition coefficient (Wildman–Crippen LogP) is 4.70. The van der Waals surface area contributed by atoms with Gasteiger partial charge in [0.25, 0.3) is 5.91 Å². The molecular weight excluding hydrogens is 342 g/mol. The molecule has 0 bridgehead atoms. The molecule has 0 aliphatic carbocycles. The van der Waals surface area contributed by atoms with Crippen LogP contribution in [0.25, 0.3) is 0 Å². The summed E-state index contributed by atoms with van der Waals surface area (Å²) in [5, 5.41) is 2.87. The fourth-order valence-corrected chi connectivity index (χ4v) is 2.72. The Bertz CT molecular complexity index is 816. The number of anilines is 1. The molecule has 0 aliphatic rings. The van der Waals surface area contributed by atoms with Gasteiger partial charge < -0.3 is 14.8 Å². The lowest BCUT2D eigenvalue weighted by molar-refractivity contribution is -0.123. The van der Waals surface area contributed by atoms with Crippen molar-refractivity contribution in [2.24, 2.45) is 0 Å². The van der Waals surface area contributed by atoms with Gasteiger partial charge in [-0.15, -0.1) is 0 Å². The summed E-state index contributed by atoms with van der Waals surface area (Å²) in [7, 11) is 1.54. The van der Waals surface area contributed by atoms with Gasteiger partial charge in [-0.2, -0.15) is 0 Å². The number of ether oxygens (including phenoxy) is 2. The van der Waals surface area contributed by atoms with Gasteiger partial charge in [0.05, 0.1) is 12.7 Å². The molecule has 0 aromatic heterocycles. The Hall–Kier alpha value is -2.82. The lowest BCUT2D eigenvalue weighted by Crippen LogP contribution is -2.30. The molecule has 0 saturated heterocycles. The first-order valence-corrected chi connectivity index (χ1v) is 9.12. The topological polar surface area (TPSA) is 64.6 Å². The molecule has 1 N–H and O–H groups in total. The molecule has 0 saturated carbocycles. The summed E-state index contributed by atoms with van der Waals surface area (Å²) >= 11 is 0. The molecule has 2 rings (SSSR count). The van der Waals surface area contributed by atoms with Crippen LogP contribution in [0, 0.1) is 6.92 Å². The predicted molar refractivity (Wildman–Crippen MR) is 106 cm³/mol. The van der Waals surface area contributed by atoms with Crippen LogP contribution in [0.2, 0.25) is 0 Å². The van der Waals surface area contributed by atoms with Gasteiger partial charge in [-0.25, -0.2) is 4.79 Å². The maximum absolute atomic E-state index is 12.5. The third-order valence-electron chi connectivity index (χ3n) is 4.66. The van der Waals surface area contributed by atoms with Crippen LogP contribution in [-0.4, -0.2) is 25.1 Å². The molecule has 2 aromatic rings. The summed E-state index contributed by atoms with van der Waals surface area (Å²) in [4.78, 5) is 24.9. The standard InChI is InChI=1S/C22H27NO4/c1-6-14(2)18-9-7-8-10-19(18)23-21(24)16(4)27-22(25)17-12-11-15(3)20(13-17)26-5/h7-14,16H,6H2,1-5H3,(H,23,24)/t14-,16-/m1/s1. The number of benzene rings is 2. The van der Waals surface area contributed by atoms with Crippen molar-refractivity contribution in [2.75, 3.05) is 12.4 Å². The average molecular weight is 369 g/mol. The van der Waals surface area contributed by atoms with E-state index in [0.29, 0.717) is 17.2 Å². The Morgan fingerprint density at radius 2 is 1.81 bits per heavy atom. The molecule has 5 nitrogen and oxygen atoms in total. The second kappa shape index (κ2) is 9.21. The molecule has 1 amide bonds. The smallest absolute Gasteiger partial charge is 0.339 e. The Morgan fingerprint density at radius 1 is 1.11 bits per heavy atom. The number of para-hydroxylation sites is 1. The van der Waals surface area contributed by atoms with Crippen LogP contribution < -0.4 is 10.1 Å². The van der Waals surface area contributed by atoms with Gasteiger partial charge in [0.2, 0.25) is 0 Å². The van der Waals surface area contributed by atoms with Crippen LogP contribution >= 0.6 is 0 Å². The number of carbonyl (C=O) groups is 2. The van der Waals surface area contributed by atoms with Crippen molar-refractivity contribution < 1.29 is 19.1 Å². The van der Waals surface area contributed by atoms with Crippen molar-refractivity contribution in [3.8, 4) is 5.75 Å². The highest BCUT2D eigenvalue weighted by molar-refractivity contribution is 5.98. The van der Waals surface area contributed by atoms with Crippen molar-refractivity contribution in [3.63, 3.8) is 0 Å². The van der Waals surface area contributed by atoms with E-state index in [1.807, 2.05) is 31.2 Å². The van der Waals surface area contributed by atoms with Gasteiger partial charge >= 0.3 is 5.97 Å². The summed E-state index contributed by atoms with van der Waals surface area (Å²) in [6.07, 6.45) is 0.0435. The fourth-order valence-electron chi connectivity index (χ4n) is 2.72. The number of amides is 1. The molecule has 27 heavy (non-hydrogen) atoms. The minimum atomic E-state index is -0.921. The molecule has 0 radical (unpaired) electrons. The van der Waals surface area contributed by atoms with Crippen LogP contribution in [0.5, 0.6) is 5.75 Å². The number of methoxy groups -OCH3 is 1. The van der Waals surface area contributed by atoms with E-state index in [-0.39, 0.29) is 5.91 Å². The van der Waals surface area contributed by atoms with Gasteiger partial charge in [0, 0.05) is 5.69 Å². The largest absolute Gasteiger partial charge is 0.496 e. The fraction of sp³-hybridized carbons (Fsp3) is 0.364. The summed E-state index contributed by atoms with van der Waals surface area (Å²) in [5.74, 6) is -0.00671. The highest BCUT2D eigenvalue weighted by Crippen LogP contribution is 2.26. The quantitative estimate of drug-likeness (QED) is 0.719. The number of esters is 1. The highest BCUT2D eigenvalue weighted by atomic mass is 16.5. The minimum absolute atomic E-state index is 0.319. The summed E-state index contributed by atoms with van der Waals surface area (Å²) < 4.78 is 10.6. The molecule has 2 aromatic carbocycles. The number of aryl methyl sites for hydroxylation is 1. The zero-order valence-electron chi connectivity index (χ0n) is 16.5. The average Bonchev–Trinajstić information content (AvgIpc) is 2.67. The third kappa shape index (κ3) is 5.09. The second-order valence-electron chi connectivity index (χ2n) is 6.62. The molecule has 0 heterocycles. The monoisotopic (exact) mass is 369 g/mol.